The number of hydrogen-bond acceptors (Lipinski definition) is 1. The Morgan fingerprint density at radius 1 is 1.07 bits per heavy atom. The van der Waals surface area contributed by atoms with Gasteiger partial charge in [-0.25, -0.2) is 0 Å². The van der Waals surface area contributed by atoms with Gasteiger partial charge >= 0.3 is 0 Å². The molecule has 0 aromatic heterocycles. The van der Waals surface area contributed by atoms with Gasteiger partial charge in [-0.15, -0.1) is 0 Å². The minimum atomic E-state index is 0.741. The van der Waals surface area contributed by atoms with E-state index >= 15 is 0 Å². The Balaban J connectivity index is 3.18. The maximum Gasteiger partial charge on any atom is 0.119 e. The Morgan fingerprint density at radius 2 is 1.79 bits per heavy atom. The van der Waals surface area contributed by atoms with Gasteiger partial charge in [-0.3, -0.25) is 0 Å². The molecule has 0 heterocycles. The van der Waals surface area contributed by atoms with Crippen molar-refractivity contribution in [2.45, 2.75) is 58.8 Å². The normalized spacial score (nSPS) is 13.3. The summed E-state index contributed by atoms with van der Waals surface area (Å²) in [6, 6.07) is 0. The first-order valence-corrected chi connectivity index (χ1v) is 5.86. The number of aldehydes is 1. The number of carbonyl (C=O) groups is 1. The third-order valence-corrected chi connectivity index (χ3v) is 2.57. The minimum Gasteiger partial charge on any atom is -0.303 e. The molecule has 0 rings (SSSR count). The van der Waals surface area contributed by atoms with Crippen LogP contribution in [0, 0.1) is 5.92 Å². The maximum absolute atomic E-state index is 10.1. The van der Waals surface area contributed by atoms with Crippen molar-refractivity contribution in [3.63, 3.8) is 0 Å². The van der Waals surface area contributed by atoms with Crippen molar-refractivity contribution in [3.8, 4) is 0 Å². The Labute approximate surface area is 88.6 Å². The second kappa shape index (κ2) is 10.5. The van der Waals surface area contributed by atoms with Gasteiger partial charge in [0.2, 0.25) is 0 Å². The lowest BCUT2D eigenvalue weighted by Crippen LogP contribution is -1.94. The fourth-order valence-electron chi connectivity index (χ4n) is 1.62. The fraction of sp³-hybridized carbons (Fsp3) is 0.769. The summed E-state index contributed by atoms with van der Waals surface area (Å²) < 4.78 is 0. The van der Waals surface area contributed by atoms with Gasteiger partial charge in [-0.05, 0) is 32.1 Å². The van der Waals surface area contributed by atoms with Crippen LogP contribution < -0.4 is 0 Å². The van der Waals surface area contributed by atoms with Gasteiger partial charge in [0.1, 0.15) is 6.29 Å². The summed E-state index contributed by atoms with van der Waals surface area (Å²) in [5, 5.41) is 0. The first-order chi connectivity index (χ1) is 6.81. The molecule has 0 aliphatic rings. The summed E-state index contributed by atoms with van der Waals surface area (Å²) in [7, 11) is 0. The molecule has 0 bridgehead atoms. The van der Waals surface area contributed by atoms with Crippen molar-refractivity contribution in [1.82, 2.24) is 0 Å². The molecule has 1 atom stereocenters. The molecule has 14 heavy (non-hydrogen) atoms. The highest BCUT2D eigenvalue weighted by Crippen LogP contribution is 2.15. The summed E-state index contributed by atoms with van der Waals surface area (Å²) in [4.78, 5) is 10.1. The number of rotatable bonds is 9. The second-order valence-electron chi connectivity index (χ2n) is 4.06. The van der Waals surface area contributed by atoms with Crippen LogP contribution in [-0.2, 0) is 4.79 Å². The highest BCUT2D eigenvalue weighted by atomic mass is 16.1. The Bertz CT molecular complexity index is 149. The van der Waals surface area contributed by atoms with E-state index in [9.17, 15) is 4.79 Å². The van der Waals surface area contributed by atoms with Crippen LogP contribution in [0.15, 0.2) is 12.2 Å². The van der Waals surface area contributed by atoms with Crippen LogP contribution in [0.5, 0.6) is 0 Å². The zero-order valence-electron chi connectivity index (χ0n) is 9.67. The van der Waals surface area contributed by atoms with E-state index in [0.29, 0.717) is 0 Å². The third-order valence-electron chi connectivity index (χ3n) is 2.57. The van der Waals surface area contributed by atoms with Crippen molar-refractivity contribution in [2.75, 3.05) is 0 Å². The first-order valence-electron chi connectivity index (χ1n) is 5.86. The van der Waals surface area contributed by atoms with Crippen LogP contribution in [0.25, 0.3) is 0 Å². The molecule has 0 aliphatic heterocycles. The summed E-state index contributed by atoms with van der Waals surface area (Å²) in [5.74, 6) is 0.826. The summed E-state index contributed by atoms with van der Waals surface area (Å²) in [6.07, 6.45) is 13.5. The molecule has 0 aliphatic carbocycles. The van der Waals surface area contributed by atoms with Crippen molar-refractivity contribution in [2.24, 2.45) is 5.92 Å². The average molecular weight is 196 g/mol. The van der Waals surface area contributed by atoms with Gasteiger partial charge in [-0.2, -0.15) is 0 Å². The van der Waals surface area contributed by atoms with E-state index in [4.69, 9.17) is 0 Å². The smallest absolute Gasteiger partial charge is 0.119 e. The molecule has 0 aromatic carbocycles. The summed E-state index contributed by atoms with van der Waals surface area (Å²) >= 11 is 0. The number of allylic oxidation sites excluding steroid dienone is 2. The summed E-state index contributed by atoms with van der Waals surface area (Å²) in [5.41, 5.74) is 0. The predicted octanol–water partition coefficient (Wildman–Crippen LogP) is 4.13. The molecule has 1 nitrogen and oxygen atoms in total. The molecule has 0 saturated heterocycles. The van der Waals surface area contributed by atoms with Crippen LogP contribution in [-0.4, -0.2) is 6.29 Å². The van der Waals surface area contributed by atoms with Gasteiger partial charge in [0.15, 0.2) is 0 Å². The van der Waals surface area contributed by atoms with Crippen molar-refractivity contribution < 1.29 is 4.79 Å². The number of hydrogen-bond donors (Lipinski definition) is 0. The second-order valence-corrected chi connectivity index (χ2v) is 4.06. The monoisotopic (exact) mass is 196 g/mol. The predicted molar refractivity (Wildman–Crippen MR) is 62.4 cm³/mol. The lowest BCUT2D eigenvalue weighted by molar-refractivity contribution is -0.107. The van der Waals surface area contributed by atoms with Crippen LogP contribution in [0.3, 0.4) is 0 Å². The van der Waals surface area contributed by atoms with E-state index in [0.717, 1.165) is 25.0 Å². The highest BCUT2D eigenvalue weighted by Gasteiger charge is 2.00. The molecule has 0 N–H and O–H groups in total. The summed E-state index contributed by atoms with van der Waals surface area (Å²) in [6.45, 7) is 4.39. The molecule has 0 radical (unpaired) electrons. The zero-order valence-corrected chi connectivity index (χ0v) is 9.67. The number of carbonyl (C=O) groups excluding carboxylic acids is 1. The van der Waals surface area contributed by atoms with Gasteiger partial charge < -0.3 is 4.79 Å². The van der Waals surface area contributed by atoms with Crippen molar-refractivity contribution in [3.05, 3.63) is 12.2 Å². The Hall–Kier alpha value is -0.590. The van der Waals surface area contributed by atoms with Gasteiger partial charge in [0.25, 0.3) is 0 Å². The SMILES string of the molecule is CC=CCCCC(C)CCCCC=O. The topological polar surface area (TPSA) is 17.1 Å². The van der Waals surface area contributed by atoms with E-state index in [1.807, 2.05) is 0 Å². The lowest BCUT2D eigenvalue weighted by Gasteiger charge is -2.09. The quantitative estimate of drug-likeness (QED) is 0.308. The van der Waals surface area contributed by atoms with Gasteiger partial charge in [-0.1, -0.05) is 38.3 Å². The van der Waals surface area contributed by atoms with Crippen LogP contribution in [0.2, 0.25) is 0 Å². The molecule has 0 saturated carbocycles. The van der Waals surface area contributed by atoms with E-state index in [2.05, 4.69) is 26.0 Å². The molecule has 0 fully saturated rings. The highest BCUT2D eigenvalue weighted by molar-refractivity contribution is 5.48. The first kappa shape index (κ1) is 13.4. The molecule has 0 spiro atoms. The maximum atomic E-state index is 10.1. The molecule has 0 aromatic rings. The fourth-order valence-corrected chi connectivity index (χ4v) is 1.62. The van der Waals surface area contributed by atoms with Crippen LogP contribution >= 0.6 is 0 Å². The van der Waals surface area contributed by atoms with Gasteiger partial charge in [0.05, 0.1) is 0 Å². The molecular formula is C13H24O. The average Bonchev–Trinajstić information content (AvgIpc) is 2.19. The van der Waals surface area contributed by atoms with E-state index in [1.54, 1.807) is 0 Å². The number of unbranched alkanes of at least 4 members (excludes halogenated alkanes) is 3. The van der Waals surface area contributed by atoms with Crippen LogP contribution in [0.4, 0.5) is 0 Å². The Morgan fingerprint density at radius 3 is 2.43 bits per heavy atom. The lowest BCUT2D eigenvalue weighted by atomic mass is 9.97. The standard InChI is InChI=1S/C13H24O/c1-3-4-5-7-10-13(2)11-8-6-9-12-14/h3-4,12-13H,5-11H2,1-2H3. The third kappa shape index (κ3) is 9.50. The minimum absolute atomic E-state index is 0.741. The van der Waals surface area contributed by atoms with Crippen molar-refractivity contribution in [1.29, 1.82) is 0 Å². The Kier molecular flexibility index (Phi) is 10.0. The van der Waals surface area contributed by atoms with E-state index < -0.39 is 0 Å². The van der Waals surface area contributed by atoms with E-state index in [-0.39, 0.29) is 0 Å². The largest absolute Gasteiger partial charge is 0.303 e. The van der Waals surface area contributed by atoms with E-state index in [1.165, 1.54) is 32.1 Å². The molecule has 1 heteroatoms. The molecule has 82 valence electrons. The molecule has 0 amide bonds. The zero-order chi connectivity index (χ0) is 10.6. The van der Waals surface area contributed by atoms with Crippen molar-refractivity contribution >= 4 is 6.29 Å². The molecule has 1 unspecified atom stereocenters. The van der Waals surface area contributed by atoms with Gasteiger partial charge in [0, 0.05) is 6.42 Å². The van der Waals surface area contributed by atoms with Crippen LogP contribution in [0.1, 0.15) is 58.8 Å². The molecular weight excluding hydrogens is 172 g/mol.